The van der Waals surface area contributed by atoms with E-state index in [0.717, 1.165) is 25.7 Å². The van der Waals surface area contributed by atoms with Gasteiger partial charge in [0, 0.05) is 25.7 Å². The SMILES string of the molecule is C[N+](C)([O-])C1C/C=C/CC([N+](C)(C)[O-])C/C=C/C1. The molecule has 1 aliphatic carbocycles. The van der Waals surface area contributed by atoms with Crippen LogP contribution in [0.5, 0.6) is 0 Å². The zero-order valence-corrected chi connectivity index (χ0v) is 12.0. The molecular weight excluding hydrogens is 228 g/mol. The smallest absolute Gasteiger partial charge is 0.0953 e. The van der Waals surface area contributed by atoms with Gasteiger partial charge in [-0.1, -0.05) is 24.3 Å². The van der Waals surface area contributed by atoms with Crippen LogP contribution in [0, 0.1) is 10.4 Å². The predicted molar refractivity (Wildman–Crippen MR) is 75.3 cm³/mol. The topological polar surface area (TPSA) is 46.1 Å². The maximum absolute atomic E-state index is 12.0. The molecule has 0 heterocycles. The summed E-state index contributed by atoms with van der Waals surface area (Å²) < 4.78 is -0.525. The molecule has 104 valence electrons. The number of hydrogen-bond donors (Lipinski definition) is 0. The van der Waals surface area contributed by atoms with Crippen molar-refractivity contribution >= 4 is 0 Å². The Balaban J connectivity index is 2.70. The van der Waals surface area contributed by atoms with Crippen LogP contribution in [-0.2, 0) is 0 Å². The van der Waals surface area contributed by atoms with Crippen molar-refractivity contribution in [2.45, 2.75) is 37.8 Å². The molecule has 0 atom stereocenters. The monoisotopic (exact) mass is 254 g/mol. The number of hydrogen-bond acceptors (Lipinski definition) is 2. The Morgan fingerprint density at radius 1 is 0.667 bits per heavy atom. The van der Waals surface area contributed by atoms with E-state index in [2.05, 4.69) is 24.3 Å². The molecule has 0 unspecified atom stereocenters. The van der Waals surface area contributed by atoms with Crippen molar-refractivity contribution in [3.8, 4) is 0 Å². The van der Waals surface area contributed by atoms with Gasteiger partial charge in [0.15, 0.2) is 0 Å². The standard InChI is InChI=1S/C14H26N2O2/c1-15(2,17)13-9-5-7-11-14(16(3,4)18)12-8-6-10-13/h5-8,13-14H,9-12H2,1-4H3/b7-5+,8-6+. The van der Waals surface area contributed by atoms with Crippen LogP contribution in [0.25, 0.3) is 0 Å². The zero-order chi connectivity index (χ0) is 13.8. The second-order valence-electron chi connectivity index (χ2n) is 6.06. The van der Waals surface area contributed by atoms with Gasteiger partial charge >= 0.3 is 0 Å². The molecule has 0 N–H and O–H groups in total. The van der Waals surface area contributed by atoms with Crippen LogP contribution in [0.3, 0.4) is 0 Å². The van der Waals surface area contributed by atoms with E-state index >= 15 is 0 Å². The lowest BCUT2D eigenvalue weighted by Crippen LogP contribution is -2.44. The Hall–Kier alpha value is -0.680. The summed E-state index contributed by atoms with van der Waals surface area (Å²) >= 11 is 0. The highest BCUT2D eigenvalue weighted by atomic mass is 16.5. The molecule has 0 aliphatic heterocycles. The highest BCUT2D eigenvalue weighted by molar-refractivity contribution is 4.95. The highest BCUT2D eigenvalue weighted by Gasteiger charge is 2.20. The molecule has 0 saturated heterocycles. The van der Waals surface area contributed by atoms with E-state index in [1.165, 1.54) is 0 Å². The Bertz CT molecular complexity index is 263. The third-order valence-corrected chi connectivity index (χ3v) is 3.72. The number of hydroxylamine groups is 6. The molecule has 0 fully saturated rings. The molecule has 4 nitrogen and oxygen atoms in total. The summed E-state index contributed by atoms with van der Waals surface area (Å²) in [5, 5.41) is 23.9. The lowest BCUT2D eigenvalue weighted by Gasteiger charge is -2.42. The molecule has 1 aliphatic rings. The first-order valence-electron chi connectivity index (χ1n) is 6.60. The minimum atomic E-state index is -0.263. The van der Waals surface area contributed by atoms with Crippen LogP contribution in [0.1, 0.15) is 25.7 Å². The Labute approximate surface area is 111 Å². The first kappa shape index (κ1) is 15.4. The van der Waals surface area contributed by atoms with Crippen LogP contribution in [-0.4, -0.2) is 49.6 Å². The average molecular weight is 254 g/mol. The number of rotatable bonds is 2. The molecule has 0 bridgehead atoms. The van der Waals surface area contributed by atoms with E-state index in [1.807, 2.05) is 0 Å². The number of quaternary nitrogens is 2. The third kappa shape index (κ3) is 4.90. The van der Waals surface area contributed by atoms with E-state index in [4.69, 9.17) is 0 Å². The van der Waals surface area contributed by atoms with Gasteiger partial charge in [-0.05, 0) is 0 Å². The molecule has 0 saturated carbocycles. The van der Waals surface area contributed by atoms with Crippen molar-refractivity contribution in [2.75, 3.05) is 28.2 Å². The lowest BCUT2D eigenvalue weighted by molar-refractivity contribution is -0.866. The van der Waals surface area contributed by atoms with Gasteiger partial charge in [-0.25, -0.2) is 0 Å². The average Bonchev–Trinajstić information content (AvgIpc) is 2.22. The number of nitrogens with zero attached hydrogens (tertiary/aromatic N) is 2. The van der Waals surface area contributed by atoms with Gasteiger partial charge in [-0.2, -0.15) is 0 Å². The minimum absolute atomic E-state index is 0.0730. The van der Waals surface area contributed by atoms with Crippen molar-refractivity contribution in [1.29, 1.82) is 0 Å². The first-order valence-corrected chi connectivity index (χ1v) is 6.60. The Morgan fingerprint density at radius 3 is 1.06 bits per heavy atom. The second-order valence-corrected chi connectivity index (χ2v) is 6.06. The molecular formula is C14H26N2O2. The van der Waals surface area contributed by atoms with Crippen molar-refractivity contribution in [2.24, 2.45) is 0 Å². The van der Waals surface area contributed by atoms with Gasteiger partial charge in [0.05, 0.1) is 40.3 Å². The highest BCUT2D eigenvalue weighted by Crippen LogP contribution is 2.19. The molecule has 0 spiro atoms. The quantitative estimate of drug-likeness (QED) is 0.432. The largest absolute Gasteiger partial charge is 0.633 e. The molecule has 0 aromatic heterocycles. The fraction of sp³-hybridized carbons (Fsp3) is 0.714. The summed E-state index contributed by atoms with van der Waals surface area (Å²) in [7, 11) is 6.77. The summed E-state index contributed by atoms with van der Waals surface area (Å²) in [4.78, 5) is 0. The van der Waals surface area contributed by atoms with Crippen molar-refractivity contribution < 1.29 is 9.29 Å². The van der Waals surface area contributed by atoms with Gasteiger partial charge in [-0.15, -0.1) is 0 Å². The summed E-state index contributed by atoms with van der Waals surface area (Å²) in [6.45, 7) is 0. The van der Waals surface area contributed by atoms with Gasteiger partial charge in [0.1, 0.15) is 0 Å². The van der Waals surface area contributed by atoms with Crippen LogP contribution in [0.4, 0.5) is 0 Å². The molecule has 0 aromatic carbocycles. The van der Waals surface area contributed by atoms with Gasteiger partial charge in [0.25, 0.3) is 0 Å². The van der Waals surface area contributed by atoms with Crippen molar-refractivity contribution in [3.05, 3.63) is 34.7 Å². The molecule has 0 radical (unpaired) electrons. The van der Waals surface area contributed by atoms with Gasteiger partial charge in [-0.3, -0.25) is 0 Å². The third-order valence-electron chi connectivity index (χ3n) is 3.72. The van der Waals surface area contributed by atoms with Crippen LogP contribution < -0.4 is 0 Å². The summed E-state index contributed by atoms with van der Waals surface area (Å²) in [6, 6.07) is 0.146. The maximum Gasteiger partial charge on any atom is 0.0953 e. The molecule has 0 amide bonds. The van der Waals surface area contributed by atoms with E-state index < -0.39 is 0 Å². The van der Waals surface area contributed by atoms with Gasteiger partial charge in [0.2, 0.25) is 0 Å². The predicted octanol–water partition coefficient (Wildman–Crippen LogP) is 2.56. The Kier molecular flexibility index (Phi) is 5.10. The normalized spacial score (nSPS) is 30.8. The summed E-state index contributed by atoms with van der Waals surface area (Å²) in [6.07, 6.45) is 11.4. The van der Waals surface area contributed by atoms with Crippen LogP contribution >= 0.6 is 0 Å². The molecule has 0 aromatic rings. The molecule has 18 heavy (non-hydrogen) atoms. The summed E-state index contributed by atoms with van der Waals surface area (Å²) in [5.74, 6) is 0. The van der Waals surface area contributed by atoms with Crippen molar-refractivity contribution in [1.82, 2.24) is 0 Å². The summed E-state index contributed by atoms with van der Waals surface area (Å²) in [5.41, 5.74) is 0. The fourth-order valence-electron chi connectivity index (χ4n) is 2.22. The molecule has 1 rings (SSSR count). The van der Waals surface area contributed by atoms with Gasteiger partial charge < -0.3 is 19.7 Å². The minimum Gasteiger partial charge on any atom is -0.633 e. The fourth-order valence-corrected chi connectivity index (χ4v) is 2.22. The van der Waals surface area contributed by atoms with E-state index in [0.29, 0.717) is 0 Å². The van der Waals surface area contributed by atoms with Crippen molar-refractivity contribution in [3.63, 3.8) is 0 Å². The second kappa shape index (κ2) is 5.97. The Morgan fingerprint density at radius 2 is 0.889 bits per heavy atom. The van der Waals surface area contributed by atoms with Crippen LogP contribution in [0.2, 0.25) is 0 Å². The van der Waals surface area contributed by atoms with E-state index in [-0.39, 0.29) is 21.4 Å². The zero-order valence-electron chi connectivity index (χ0n) is 12.0. The lowest BCUT2D eigenvalue weighted by atomic mass is 10.0. The van der Waals surface area contributed by atoms with E-state index in [1.54, 1.807) is 28.2 Å². The molecule has 4 heteroatoms. The van der Waals surface area contributed by atoms with E-state index in [9.17, 15) is 10.4 Å². The maximum atomic E-state index is 12.0. The first-order chi connectivity index (χ1) is 8.21. The van der Waals surface area contributed by atoms with Crippen LogP contribution in [0.15, 0.2) is 24.3 Å².